The second kappa shape index (κ2) is 5.07. The molecule has 0 aliphatic carbocycles. The molecule has 5 rings (SSSR count). The van der Waals surface area contributed by atoms with Crippen LogP contribution in [0.3, 0.4) is 0 Å². The smallest absolute Gasteiger partial charge is 0.251 e. The molecule has 1 aromatic carbocycles. The fourth-order valence-corrected chi connectivity index (χ4v) is 4.35. The van der Waals surface area contributed by atoms with Gasteiger partial charge in [0.05, 0.1) is 10.4 Å². The summed E-state index contributed by atoms with van der Waals surface area (Å²) in [6.07, 6.45) is 2.44. The van der Waals surface area contributed by atoms with Crippen molar-refractivity contribution < 1.29 is 4.79 Å². The second-order valence-corrected chi connectivity index (χ2v) is 7.00. The molecule has 4 nitrogen and oxygen atoms in total. The SMILES string of the molecule is Cc1nsc2ccc(C(=O)N[C@@H]3CN4CCC3CC4)cc12. The van der Waals surface area contributed by atoms with E-state index in [0.717, 1.165) is 27.9 Å². The van der Waals surface area contributed by atoms with Crippen LogP contribution in [0.25, 0.3) is 10.1 Å². The number of aromatic nitrogens is 1. The van der Waals surface area contributed by atoms with Gasteiger partial charge in [-0.05, 0) is 68.5 Å². The van der Waals surface area contributed by atoms with Crippen LogP contribution in [0.1, 0.15) is 28.9 Å². The Labute approximate surface area is 128 Å². The zero-order chi connectivity index (χ0) is 14.4. The summed E-state index contributed by atoms with van der Waals surface area (Å²) >= 11 is 1.49. The molecular formula is C16H19N3OS. The number of hydrogen-bond acceptors (Lipinski definition) is 4. The average Bonchev–Trinajstić information content (AvgIpc) is 2.89. The van der Waals surface area contributed by atoms with E-state index in [1.807, 2.05) is 25.1 Å². The lowest BCUT2D eigenvalue weighted by molar-refractivity contribution is 0.0620. The number of piperidine rings is 3. The number of nitrogens with one attached hydrogen (secondary N) is 1. The normalized spacial score (nSPS) is 28.0. The van der Waals surface area contributed by atoms with E-state index in [2.05, 4.69) is 14.6 Å². The van der Waals surface area contributed by atoms with Gasteiger partial charge in [0.25, 0.3) is 5.91 Å². The van der Waals surface area contributed by atoms with Crippen molar-refractivity contribution in [1.82, 2.24) is 14.6 Å². The van der Waals surface area contributed by atoms with Crippen LogP contribution in [0.5, 0.6) is 0 Å². The van der Waals surface area contributed by atoms with E-state index in [9.17, 15) is 4.79 Å². The number of hydrogen-bond donors (Lipinski definition) is 1. The number of carbonyl (C=O) groups excluding carboxylic acids is 1. The third-order valence-electron chi connectivity index (χ3n) is 4.89. The number of benzene rings is 1. The van der Waals surface area contributed by atoms with Crippen LogP contribution in [-0.2, 0) is 0 Å². The Balaban J connectivity index is 1.54. The van der Waals surface area contributed by atoms with Crippen LogP contribution < -0.4 is 5.32 Å². The standard InChI is InChI=1S/C16H19N3OS/c1-10-13-8-12(2-3-15(13)21-18-10)16(20)17-14-9-19-6-4-11(14)5-7-19/h2-3,8,11,14H,4-7,9H2,1H3,(H,17,20)/t14-/m1/s1. The van der Waals surface area contributed by atoms with E-state index < -0.39 is 0 Å². The van der Waals surface area contributed by atoms with Gasteiger partial charge in [0.2, 0.25) is 0 Å². The summed E-state index contributed by atoms with van der Waals surface area (Å²) in [5, 5.41) is 4.34. The average molecular weight is 301 g/mol. The molecule has 3 aliphatic rings. The molecule has 2 aromatic rings. The number of nitrogens with zero attached hydrogens (tertiary/aromatic N) is 2. The van der Waals surface area contributed by atoms with Crippen molar-refractivity contribution >= 4 is 27.5 Å². The molecule has 0 spiro atoms. The molecule has 1 atom stereocenters. The fourth-order valence-electron chi connectivity index (χ4n) is 3.58. The molecule has 0 radical (unpaired) electrons. The van der Waals surface area contributed by atoms with Crippen molar-refractivity contribution in [1.29, 1.82) is 0 Å². The number of aryl methyl sites for hydroxylation is 1. The van der Waals surface area contributed by atoms with Crippen molar-refractivity contribution in [2.24, 2.45) is 5.92 Å². The molecule has 2 bridgehead atoms. The van der Waals surface area contributed by atoms with Crippen LogP contribution >= 0.6 is 11.5 Å². The Morgan fingerprint density at radius 2 is 2.19 bits per heavy atom. The summed E-state index contributed by atoms with van der Waals surface area (Å²) in [5.41, 5.74) is 1.76. The largest absolute Gasteiger partial charge is 0.348 e. The molecule has 0 unspecified atom stereocenters. The zero-order valence-corrected chi connectivity index (χ0v) is 12.9. The molecule has 1 aromatic heterocycles. The lowest BCUT2D eigenvalue weighted by atomic mass is 9.84. The van der Waals surface area contributed by atoms with Crippen LogP contribution in [0.4, 0.5) is 0 Å². The molecule has 4 heterocycles. The van der Waals surface area contributed by atoms with Gasteiger partial charge in [0, 0.05) is 23.5 Å². The molecule has 3 aliphatic heterocycles. The minimum Gasteiger partial charge on any atom is -0.348 e. The molecular weight excluding hydrogens is 282 g/mol. The maximum Gasteiger partial charge on any atom is 0.251 e. The summed E-state index contributed by atoms with van der Waals surface area (Å²) in [6.45, 7) is 5.40. The number of carbonyl (C=O) groups is 1. The highest BCUT2D eigenvalue weighted by molar-refractivity contribution is 7.13. The van der Waals surface area contributed by atoms with E-state index in [1.54, 1.807) is 0 Å². The van der Waals surface area contributed by atoms with E-state index in [0.29, 0.717) is 12.0 Å². The Morgan fingerprint density at radius 3 is 2.90 bits per heavy atom. The van der Waals surface area contributed by atoms with Crippen molar-refractivity contribution in [2.45, 2.75) is 25.8 Å². The van der Waals surface area contributed by atoms with Crippen molar-refractivity contribution in [3.8, 4) is 0 Å². The number of fused-ring (bicyclic) bond motifs is 4. The summed E-state index contributed by atoms with van der Waals surface area (Å²) in [5.74, 6) is 0.716. The lowest BCUT2D eigenvalue weighted by Crippen LogP contribution is -2.57. The zero-order valence-electron chi connectivity index (χ0n) is 12.1. The molecule has 110 valence electrons. The topological polar surface area (TPSA) is 45.2 Å². The van der Waals surface area contributed by atoms with Crippen LogP contribution in [0.15, 0.2) is 18.2 Å². The van der Waals surface area contributed by atoms with E-state index in [1.165, 1.54) is 37.5 Å². The lowest BCUT2D eigenvalue weighted by Gasteiger charge is -2.44. The molecule has 1 N–H and O–H groups in total. The first-order chi connectivity index (χ1) is 10.2. The monoisotopic (exact) mass is 301 g/mol. The third kappa shape index (κ3) is 2.34. The van der Waals surface area contributed by atoms with Gasteiger partial charge in [-0.15, -0.1) is 0 Å². The summed E-state index contributed by atoms with van der Waals surface area (Å²) in [6, 6.07) is 6.21. The van der Waals surface area contributed by atoms with Crippen LogP contribution in [0.2, 0.25) is 0 Å². The van der Waals surface area contributed by atoms with Crippen molar-refractivity contribution in [3.63, 3.8) is 0 Å². The second-order valence-electron chi connectivity index (χ2n) is 6.20. The van der Waals surface area contributed by atoms with E-state index in [4.69, 9.17) is 0 Å². The molecule has 5 heteroatoms. The fraction of sp³-hybridized carbons (Fsp3) is 0.500. The summed E-state index contributed by atoms with van der Waals surface area (Å²) < 4.78 is 5.49. The Kier molecular flexibility index (Phi) is 3.19. The summed E-state index contributed by atoms with van der Waals surface area (Å²) in [7, 11) is 0. The highest BCUT2D eigenvalue weighted by Crippen LogP contribution is 2.28. The van der Waals surface area contributed by atoms with E-state index in [-0.39, 0.29) is 5.91 Å². The Bertz CT molecular complexity index is 688. The van der Waals surface area contributed by atoms with Crippen LogP contribution in [-0.4, -0.2) is 40.9 Å². The molecule has 0 saturated carbocycles. The first-order valence-electron chi connectivity index (χ1n) is 7.60. The van der Waals surface area contributed by atoms with Gasteiger partial charge in [-0.25, -0.2) is 0 Å². The van der Waals surface area contributed by atoms with Gasteiger partial charge in [0.15, 0.2) is 0 Å². The van der Waals surface area contributed by atoms with Crippen LogP contribution in [0, 0.1) is 12.8 Å². The highest BCUT2D eigenvalue weighted by atomic mass is 32.1. The highest BCUT2D eigenvalue weighted by Gasteiger charge is 2.34. The molecule has 3 fully saturated rings. The first kappa shape index (κ1) is 13.2. The van der Waals surface area contributed by atoms with Crippen molar-refractivity contribution in [3.05, 3.63) is 29.5 Å². The summed E-state index contributed by atoms with van der Waals surface area (Å²) in [4.78, 5) is 15.0. The van der Waals surface area contributed by atoms with Gasteiger partial charge < -0.3 is 10.2 Å². The van der Waals surface area contributed by atoms with Gasteiger partial charge in [-0.2, -0.15) is 4.37 Å². The van der Waals surface area contributed by atoms with Gasteiger partial charge in [0.1, 0.15) is 0 Å². The van der Waals surface area contributed by atoms with Gasteiger partial charge >= 0.3 is 0 Å². The third-order valence-corrected chi connectivity index (χ3v) is 5.80. The first-order valence-corrected chi connectivity index (χ1v) is 8.37. The number of rotatable bonds is 2. The maximum absolute atomic E-state index is 12.5. The predicted octanol–water partition coefficient (Wildman–Crippen LogP) is 2.43. The van der Waals surface area contributed by atoms with Crippen molar-refractivity contribution in [2.75, 3.05) is 19.6 Å². The maximum atomic E-state index is 12.5. The Morgan fingerprint density at radius 1 is 1.38 bits per heavy atom. The minimum absolute atomic E-state index is 0.0567. The number of amides is 1. The van der Waals surface area contributed by atoms with Gasteiger partial charge in [-0.3, -0.25) is 4.79 Å². The molecule has 3 saturated heterocycles. The molecule has 1 amide bonds. The minimum atomic E-state index is 0.0567. The molecule has 21 heavy (non-hydrogen) atoms. The predicted molar refractivity (Wildman–Crippen MR) is 84.8 cm³/mol. The van der Waals surface area contributed by atoms with E-state index >= 15 is 0 Å². The Hall–Kier alpha value is -1.46. The van der Waals surface area contributed by atoms with Gasteiger partial charge in [-0.1, -0.05) is 0 Å². The quantitative estimate of drug-likeness (QED) is 0.926.